The fraction of sp³-hybridized carbons (Fsp3) is 0.400. The first kappa shape index (κ1) is 18.0. The van der Waals surface area contributed by atoms with Gasteiger partial charge in [0, 0.05) is 24.0 Å². The van der Waals surface area contributed by atoms with Crippen LogP contribution in [0, 0.1) is 0 Å². The number of nitrogens with zero attached hydrogens (tertiary/aromatic N) is 2. The second-order valence-corrected chi connectivity index (χ2v) is 6.60. The molecule has 2 aromatic heterocycles. The summed E-state index contributed by atoms with van der Waals surface area (Å²) in [6.45, 7) is 0.319. The lowest BCUT2D eigenvalue weighted by molar-refractivity contribution is 0.0933. The van der Waals surface area contributed by atoms with E-state index in [0.29, 0.717) is 12.1 Å². The van der Waals surface area contributed by atoms with Gasteiger partial charge in [0.15, 0.2) is 0 Å². The van der Waals surface area contributed by atoms with Gasteiger partial charge in [-0.2, -0.15) is 0 Å². The molecule has 2 amide bonds. The monoisotopic (exact) mass is 352 g/mol. The number of aromatic nitrogens is 2. The van der Waals surface area contributed by atoms with Gasteiger partial charge in [-0.3, -0.25) is 19.6 Å². The van der Waals surface area contributed by atoms with Crippen molar-refractivity contribution < 1.29 is 9.59 Å². The van der Waals surface area contributed by atoms with Gasteiger partial charge in [0.1, 0.15) is 5.69 Å². The molecule has 26 heavy (non-hydrogen) atoms. The molecule has 0 atom stereocenters. The summed E-state index contributed by atoms with van der Waals surface area (Å²) in [5.41, 5.74) is 1.46. The molecular formula is C20H24N4O2. The molecule has 0 bridgehead atoms. The van der Waals surface area contributed by atoms with Gasteiger partial charge >= 0.3 is 0 Å². The van der Waals surface area contributed by atoms with Gasteiger partial charge in [-0.25, -0.2) is 0 Å². The summed E-state index contributed by atoms with van der Waals surface area (Å²) >= 11 is 0. The summed E-state index contributed by atoms with van der Waals surface area (Å²) in [5, 5.41) is 5.87. The Morgan fingerprint density at radius 3 is 2.50 bits per heavy atom. The Morgan fingerprint density at radius 2 is 1.77 bits per heavy atom. The molecule has 1 aliphatic rings. The molecule has 0 aromatic carbocycles. The predicted octanol–water partition coefficient (Wildman–Crippen LogP) is 2.86. The molecule has 0 unspecified atom stereocenters. The first-order valence-corrected chi connectivity index (χ1v) is 9.17. The van der Waals surface area contributed by atoms with Crippen molar-refractivity contribution in [1.29, 1.82) is 0 Å². The molecule has 0 saturated heterocycles. The number of pyridine rings is 2. The maximum absolute atomic E-state index is 12.5. The average molecular weight is 352 g/mol. The standard InChI is InChI=1S/C20H24N4O2/c25-19(24-16-7-3-1-2-4-8-16)15-10-12-22-18(13-15)20(26)23-14-17-9-5-6-11-21-17/h5-6,9-13,16H,1-4,7-8,14H2,(H,23,26)(H,24,25). The van der Waals surface area contributed by atoms with Gasteiger partial charge in [-0.1, -0.05) is 31.7 Å². The van der Waals surface area contributed by atoms with E-state index in [1.165, 1.54) is 19.0 Å². The highest BCUT2D eigenvalue weighted by Gasteiger charge is 2.17. The minimum atomic E-state index is -0.320. The highest BCUT2D eigenvalue weighted by Crippen LogP contribution is 2.17. The van der Waals surface area contributed by atoms with Crippen LogP contribution in [0.1, 0.15) is 65.1 Å². The predicted molar refractivity (Wildman–Crippen MR) is 98.6 cm³/mol. The fourth-order valence-electron chi connectivity index (χ4n) is 3.15. The molecule has 0 aliphatic heterocycles. The quantitative estimate of drug-likeness (QED) is 0.811. The van der Waals surface area contributed by atoms with Gasteiger partial charge in [0.05, 0.1) is 12.2 Å². The van der Waals surface area contributed by atoms with Crippen LogP contribution >= 0.6 is 0 Å². The van der Waals surface area contributed by atoms with Crippen LogP contribution in [0.25, 0.3) is 0 Å². The van der Waals surface area contributed by atoms with Gasteiger partial charge < -0.3 is 10.6 Å². The van der Waals surface area contributed by atoms with Crippen LogP contribution in [-0.2, 0) is 6.54 Å². The maximum Gasteiger partial charge on any atom is 0.270 e. The number of hydrogen-bond acceptors (Lipinski definition) is 4. The molecule has 0 spiro atoms. The van der Waals surface area contributed by atoms with Crippen LogP contribution in [-0.4, -0.2) is 27.8 Å². The highest BCUT2D eigenvalue weighted by molar-refractivity contribution is 5.98. The maximum atomic E-state index is 12.5. The van der Waals surface area contributed by atoms with Crippen molar-refractivity contribution in [1.82, 2.24) is 20.6 Å². The fourth-order valence-corrected chi connectivity index (χ4v) is 3.15. The first-order valence-electron chi connectivity index (χ1n) is 9.17. The van der Waals surface area contributed by atoms with Gasteiger partial charge in [-0.05, 0) is 37.1 Å². The van der Waals surface area contributed by atoms with Crippen LogP contribution in [0.5, 0.6) is 0 Å². The van der Waals surface area contributed by atoms with Gasteiger partial charge in [0.25, 0.3) is 11.8 Å². The van der Waals surface area contributed by atoms with E-state index in [4.69, 9.17) is 0 Å². The van der Waals surface area contributed by atoms with Crippen LogP contribution in [0.4, 0.5) is 0 Å². The Kier molecular flexibility index (Phi) is 6.30. The Bertz CT molecular complexity index is 740. The largest absolute Gasteiger partial charge is 0.349 e. The molecule has 1 saturated carbocycles. The van der Waals surface area contributed by atoms with E-state index in [1.54, 1.807) is 18.3 Å². The third kappa shape index (κ3) is 5.12. The van der Waals surface area contributed by atoms with E-state index >= 15 is 0 Å². The second kappa shape index (κ2) is 9.08. The lowest BCUT2D eigenvalue weighted by atomic mass is 10.1. The summed E-state index contributed by atoms with van der Waals surface area (Å²) in [6.07, 6.45) is 10.0. The summed E-state index contributed by atoms with van der Waals surface area (Å²) in [6, 6.07) is 8.93. The van der Waals surface area contributed by atoms with Crippen molar-refractivity contribution in [2.24, 2.45) is 0 Å². The van der Waals surface area contributed by atoms with Crippen LogP contribution in [0.15, 0.2) is 42.7 Å². The smallest absolute Gasteiger partial charge is 0.270 e. The van der Waals surface area contributed by atoms with Gasteiger partial charge in [0.2, 0.25) is 0 Å². The van der Waals surface area contributed by atoms with Crippen molar-refractivity contribution in [3.05, 3.63) is 59.7 Å². The Balaban J connectivity index is 1.59. The summed E-state index contributed by atoms with van der Waals surface area (Å²) in [4.78, 5) is 33.0. The first-order chi connectivity index (χ1) is 12.7. The molecule has 2 N–H and O–H groups in total. The Labute approximate surface area is 153 Å². The van der Waals surface area contributed by atoms with Crippen molar-refractivity contribution in [3.63, 3.8) is 0 Å². The Hall–Kier alpha value is -2.76. The SMILES string of the molecule is O=C(NC1CCCCCC1)c1ccnc(C(=O)NCc2ccccn2)c1. The van der Waals surface area contributed by atoms with E-state index in [9.17, 15) is 9.59 Å². The molecule has 0 radical (unpaired) electrons. The third-order valence-electron chi connectivity index (χ3n) is 4.60. The van der Waals surface area contributed by atoms with E-state index < -0.39 is 0 Å². The lowest BCUT2D eigenvalue weighted by Gasteiger charge is -2.16. The number of hydrogen-bond donors (Lipinski definition) is 2. The number of rotatable bonds is 5. The number of amides is 2. The minimum Gasteiger partial charge on any atom is -0.349 e. The molecule has 2 aromatic rings. The van der Waals surface area contributed by atoms with Crippen LogP contribution in [0.2, 0.25) is 0 Å². The topological polar surface area (TPSA) is 84.0 Å². The molecule has 136 valence electrons. The van der Waals surface area contributed by atoms with Crippen molar-refractivity contribution in [2.45, 2.75) is 51.1 Å². The van der Waals surface area contributed by atoms with Crippen molar-refractivity contribution >= 4 is 11.8 Å². The zero-order valence-corrected chi connectivity index (χ0v) is 14.8. The number of carbonyl (C=O) groups is 2. The number of nitrogens with one attached hydrogen (secondary N) is 2. The van der Waals surface area contributed by atoms with E-state index in [0.717, 1.165) is 31.4 Å². The van der Waals surface area contributed by atoms with Gasteiger partial charge in [-0.15, -0.1) is 0 Å². The van der Waals surface area contributed by atoms with E-state index in [-0.39, 0.29) is 23.6 Å². The normalized spacial score (nSPS) is 15.1. The van der Waals surface area contributed by atoms with E-state index in [2.05, 4.69) is 20.6 Å². The molecule has 6 heteroatoms. The lowest BCUT2D eigenvalue weighted by Crippen LogP contribution is -2.34. The third-order valence-corrected chi connectivity index (χ3v) is 4.60. The summed E-state index contributed by atoms with van der Waals surface area (Å²) in [7, 11) is 0. The summed E-state index contributed by atoms with van der Waals surface area (Å²) < 4.78 is 0. The molecular weight excluding hydrogens is 328 g/mol. The molecule has 1 aliphatic carbocycles. The van der Waals surface area contributed by atoms with Crippen molar-refractivity contribution in [3.8, 4) is 0 Å². The molecule has 6 nitrogen and oxygen atoms in total. The average Bonchev–Trinajstić information content (AvgIpc) is 2.95. The van der Waals surface area contributed by atoms with E-state index in [1.807, 2.05) is 18.2 Å². The molecule has 2 heterocycles. The second-order valence-electron chi connectivity index (χ2n) is 6.60. The Morgan fingerprint density at radius 1 is 0.962 bits per heavy atom. The summed E-state index contributed by atoms with van der Waals surface area (Å²) in [5.74, 6) is -0.460. The molecule has 1 fully saturated rings. The minimum absolute atomic E-state index is 0.141. The van der Waals surface area contributed by atoms with Crippen molar-refractivity contribution in [2.75, 3.05) is 0 Å². The number of carbonyl (C=O) groups excluding carboxylic acids is 2. The zero-order valence-electron chi connectivity index (χ0n) is 14.8. The molecule has 3 rings (SSSR count). The highest BCUT2D eigenvalue weighted by atomic mass is 16.2. The van der Waals surface area contributed by atoms with Crippen LogP contribution in [0.3, 0.4) is 0 Å². The zero-order chi connectivity index (χ0) is 18.2. The van der Waals surface area contributed by atoms with Crippen LogP contribution < -0.4 is 10.6 Å².